The summed E-state index contributed by atoms with van der Waals surface area (Å²) in [5.41, 5.74) is 6.67. The van der Waals surface area contributed by atoms with Crippen LogP contribution in [0.4, 0.5) is 0 Å². The fourth-order valence-corrected chi connectivity index (χ4v) is 2.79. The summed E-state index contributed by atoms with van der Waals surface area (Å²) in [5.74, 6) is 0. The zero-order valence-electron chi connectivity index (χ0n) is 11.1. The maximum absolute atomic E-state index is 3.34. The quantitative estimate of drug-likeness (QED) is 0.506. The van der Waals surface area contributed by atoms with E-state index < -0.39 is 0 Å². The number of hydrazine groups is 1. The van der Waals surface area contributed by atoms with Gasteiger partial charge in [-0.3, -0.25) is 10.9 Å². The minimum absolute atomic E-state index is 1.07. The van der Waals surface area contributed by atoms with E-state index in [1.54, 1.807) is 0 Å². The molecule has 2 saturated heterocycles. The minimum Gasteiger partial charge on any atom is -0.302 e. The molecule has 0 aromatic carbocycles. The van der Waals surface area contributed by atoms with Gasteiger partial charge in [-0.2, -0.15) is 0 Å². The topological polar surface area (TPSA) is 30.5 Å². The van der Waals surface area contributed by atoms with Gasteiger partial charge in [-0.25, -0.2) is 0 Å². The van der Waals surface area contributed by atoms with Crippen molar-refractivity contribution in [1.29, 1.82) is 0 Å². The third-order valence-corrected chi connectivity index (χ3v) is 3.88. The van der Waals surface area contributed by atoms with Crippen LogP contribution in [0.25, 0.3) is 0 Å². The van der Waals surface area contributed by atoms with Gasteiger partial charge in [0.15, 0.2) is 0 Å². The monoisotopic (exact) mass is 240 g/mol. The second-order valence-electron chi connectivity index (χ2n) is 5.30. The zero-order chi connectivity index (χ0) is 11.8. The molecule has 0 aromatic rings. The van der Waals surface area contributed by atoms with E-state index in [1.165, 1.54) is 71.4 Å². The molecule has 0 atom stereocenters. The Morgan fingerprint density at radius 3 is 1.47 bits per heavy atom. The highest BCUT2D eigenvalue weighted by Gasteiger charge is 2.10. The van der Waals surface area contributed by atoms with Gasteiger partial charge in [0.2, 0.25) is 0 Å². The van der Waals surface area contributed by atoms with Crippen molar-refractivity contribution in [3.05, 3.63) is 0 Å². The predicted molar refractivity (Wildman–Crippen MR) is 72.0 cm³/mol. The predicted octanol–water partition coefficient (Wildman–Crippen LogP) is 0.662. The molecule has 4 heteroatoms. The van der Waals surface area contributed by atoms with E-state index in [4.69, 9.17) is 0 Å². The lowest BCUT2D eigenvalue weighted by Crippen LogP contribution is -2.43. The number of likely N-dealkylation sites (tertiary alicyclic amines) is 2. The number of hydrogen-bond acceptors (Lipinski definition) is 4. The Morgan fingerprint density at radius 1 is 0.588 bits per heavy atom. The number of piperidine rings is 1. The lowest BCUT2D eigenvalue weighted by molar-refractivity contribution is 0.224. The standard InChI is InChI=1S/C13H28N4/c1-2-8-16(9-3-1)12-6-14-15-7-13-17-10-4-5-11-17/h14-15H,1-13H2. The summed E-state index contributed by atoms with van der Waals surface area (Å²) in [4.78, 5) is 5.11. The smallest absolute Gasteiger partial charge is 0.0228 e. The van der Waals surface area contributed by atoms with E-state index >= 15 is 0 Å². The van der Waals surface area contributed by atoms with Gasteiger partial charge in [0.1, 0.15) is 0 Å². The lowest BCUT2D eigenvalue weighted by atomic mass is 10.1. The molecule has 2 N–H and O–H groups in total. The summed E-state index contributed by atoms with van der Waals surface area (Å²) >= 11 is 0. The molecule has 2 rings (SSSR count). The van der Waals surface area contributed by atoms with Crippen molar-refractivity contribution in [3.63, 3.8) is 0 Å². The molecular weight excluding hydrogens is 212 g/mol. The molecule has 0 spiro atoms. The molecule has 0 aromatic heterocycles. The molecule has 0 bridgehead atoms. The van der Waals surface area contributed by atoms with E-state index in [1.807, 2.05) is 0 Å². The Bertz CT molecular complexity index is 186. The lowest BCUT2D eigenvalue weighted by Gasteiger charge is -2.26. The second kappa shape index (κ2) is 8.03. The van der Waals surface area contributed by atoms with Crippen LogP contribution in [0.3, 0.4) is 0 Å². The highest BCUT2D eigenvalue weighted by Crippen LogP contribution is 2.07. The van der Waals surface area contributed by atoms with Crippen molar-refractivity contribution >= 4 is 0 Å². The third kappa shape index (κ3) is 5.34. The van der Waals surface area contributed by atoms with Gasteiger partial charge >= 0.3 is 0 Å². The van der Waals surface area contributed by atoms with Crippen LogP contribution in [0.15, 0.2) is 0 Å². The van der Waals surface area contributed by atoms with Gasteiger partial charge in [0, 0.05) is 26.2 Å². The molecule has 4 nitrogen and oxygen atoms in total. The molecular formula is C13H28N4. The van der Waals surface area contributed by atoms with Gasteiger partial charge in [0.05, 0.1) is 0 Å². The molecule has 2 aliphatic rings. The number of nitrogens with zero attached hydrogens (tertiary/aromatic N) is 2. The summed E-state index contributed by atoms with van der Waals surface area (Å²) in [6, 6.07) is 0. The molecule has 100 valence electrons. The number of nitrogens with one attached hydrogen (secondary N) is 2. The molecule has 2 fully saturated rings. The number of hydrogen-bond donors (Lipinski definition) is 2. The van der Waals surface area contributed by atoms with Gasteiger partial charge in [-0.1, -0.05) is 6.42 Å². The van der Waals surface area contributed by atoms with Crippen LogP contribution in [-0.2, 0) is 0 Å². The van der Waals surface area contributed by atoms with Crippen molar-refractivity contribution in [1.82, 2.24) is 20.7 Å². The van der Waals surface area contributed by atoms with Crippen molar-refractivity contribution in [2.24, 2.45) is 0 Å². The molecule has 2 heterocycles. The van der Waals surface area contributed by atoms with Crippen molar-refractivity contribution in [2.45, 2.75) is 32.1 Å². The maximum Gasteiger partial charge on any atom is 0.0228 e. The van der Waals surface area contributed by atoms with Crippen LogP contribution >= 0.6 is 0 Å². The Labute approximate surface area is 106 Å². The van der Waals surface area contributed by atoms with Crippen molar-refractivity contribution in [3.8, 4) is 0 Å². The first-order chi connectivity index (χ1) is 8.45. The molecule has 0 radical (unpaired) electrons. The second-order valence-corrected chi connectivity index (χ2v) is 5.30. The fraction of sp³-hybridized carbons (Fsp3) is 1.00. The zero-order valence-corrected chi connectivity index (χ0v) is 11.1. The Kier molecular flexibility index (Phi) is 6.27. The molecule has 0 saturated carbocycles. The van der Waals surface area contributed by atoms with Crippen molar-refractivity contribution < 1.29 is 0 Å². The van der Waals surface area contributed by atoms with E-state index in [9.17, 15) is 0 Å². The van der Waals surface area contributed by atoms with Gasteiger partial charge in [-0.05, 0) is 51.9 Å². The molecule has 0 aliphatic carbocycles. The third-order valence-electron chi connectivity index (χ3n) is 3.88. The summed E-state index contributed by atoms with van der Waals surface area (Å²) in [7, 11) is 0. The normalized spacial score (nSPS) is 23.3. The SMILES string of the molecule is C1CCN(CCNNCCN2CCCC2)CC1. The summed E-state index contributed by atoms with van der Waals surface area (Å²) in [6.45, 7) is 9.73. The maximum atomic E-state index is 3.34. The minimum atomic E-state index is 1.07. The molecule has 0 amide bonds. The van der Waals surface area contributed by atoms with Crippen molar-refractivity contribution in [2.75, 3.05) is 52.4 Å². The average molecular weight is 240 g/mol. The van der Waals surface area contributed by atoms with Gasteiger partial charge in [0.25, 0.3) is 0 Å². The van der Waals surface area contributed by atoms with Gasteiger partial charge < -0.3 is 9.80 Å². The first-order valence-corrected chi connectivity index (χ1v) is 7.35. The molecule has 2 aliphatic heterocycles. The average Bonchev–Trinajstić information content (AvgIpc) is 2.88. The van der Waals surface area contributed by atoms with Crippen LogP contribution in [0.1, 0.15) is 32.1 Å². The Hall–Kier alpha value is -0.160. The van der Waals surface area contributed by atoms with Crippen LogP contribution in [0, 0.1) is 0 Å². The summed E-state index contributed by atoms with van der Waals surface area (Å²) < 4.78 is 0. The molecule has 0 unspecified atom stereocenters. The van der Waals surface area contributed by atoms with Gasteiger partial charge in [-0.15, -0.1) is 0 Å². The largest absolute Gasteiger partial charge is 0.302 e. The van der Waals surface area contributed by atoms with E-state index in [-0.39, 0.29) is 0 Å². The van der Waals surface area contributed by atoms with Crippen LogP contribution < -0.4 is 10.9 Å². The van der Waals surface area contributed by atoms with E-state index in [2.05, 4.69) is 20.7 Å². The van der Waals surface area contributed by atoms with Crippen LogP contribution in [-0.4, -0.2) is 62.2 Å². The Morgan fingerprint density at radius 2 is 1.00 bits per heavy atom. The highest BCUT2D eigenvalue weighted by atomic mass is 15.4. The van der Waals surface area contributed by atoms with Crippen LogP contribution in [0.5, 0.6) is 0 Å². The van der Waals surface area contributed by atoms with Crippen LogP contribution in [0.2, 0.25) is 0 Å². The molecule has 17 heavy (non-hydrogen) atoms. The fourth-order valence-electron chi connectivity index (χ4n) is 2.79. The summed E-state index contributed by atoms with van der Waals surface area (Å²) in [5, 5.41) is 0. The van der Waals surface area contributed by atoms with E-state index in [0.29, 0.717) is 0 Å². The Balaban J connectivity index is 1.38. The van der Waals surface area contributed by atoms with E-state index in [0.717, 1.165) is 13.1 Å². The summed E-state index contributed by atoms with van der Waals surface area (Å²) in [6.07, 6.45) is 6.99. The number of rotatable bonds is 7. The highest BCUT2D eigenvalue weighted by molar-refractivity contribution is 4.67. The first-order valence-electron chi connectivity index (χ1n) is 7.35. The first kappa shape index (κ1) is 13.3.